The molecule has 0 unspecified atom stereocenters. The Morgan fingerprint density at radius 2 is 1.85 bits per heavy atom. The molecular weight excluding hydrogens is 250 g/mol. The third-order valence-electron chi connectivity index (χ3n) is 3.03. The Kier molecular flexibility index (Phi) is 2.94. The molecule has 0 aliphatic carbocycles. The van der Waals surface area contributed by atoms with Crippen molar-refractivity contribution in [2.75, 3.05) is 5.73 Å². The summed E-state index contributed by atoms with van der Waals surface area (Å²) in [7, 11) is 0. The first-order valence-electron chi connectivity index (χ1n) is 6.10. The molecule has 0 fully saturated rings. The van der Waals surface area contributed by atoms with Gasteiger partial charge in [0.2, 0.25) is 5.88 Å². The Morgan fingerprint density at radius 3 is 2.70 bits per heavy atom. The van der Waals surface area contributed by atoms with Crippen LogP contribution >= 0.6 is 0 Å². The van der Waals surface area contributed by atoms with Gasteiger partial charge in [-0.3, -0.25) is 0 Å². The number of nitrogens with two attached hydrogens (primary N) is 1. The fourth-order valence-corrected chi connectivity index (χ4v) is 2.02. The van der Waals surface area contributed by atoms with E-state index in [1.54, 1.807) is 6.07 Å². The van der Waals surface area contributed by atoms with Crippen molar-refractivity contribution in [3.63, 3.8) is 0 Å². The van der Waals surface area contributed by atoms with Crippen LogP contribution in [0.2, 0.25) is 0 Å². The molecule has 0 amide bonds. The number of hydrogen-bond donors (Lipinski definition) is 1. The highest BCUT2D eigenvalue weighted by molar-refractivity contribution is 5.88. The number of pyridine rings is 1. The zero-order valence-corrected chi connectivity index (χ0v) is 10.6. The van der Waals surface area contributed by atoms with Crippen LogP contribution < -0.4 is 10.5 Å². The minimum atomic E-state index is 0.250. The van der Waals surface area contributed by atoms with Crippen LogP contribution in [0.15, 0.2) is 54.7 Å². The van der Waals surface area contributed by atoms with E-state index in [0.29, 0.717) is 11.3 Å². The van der Waals surface area contributed by atoms with Gasteiger partial charge in [-0.1, -0.05) is 36.4 Å². The van der Waals surface area contributed by atoms with Crippen molar-refractivity contribution in [2.24, 2.45) is 0 Å². The fourth-order valence-electron chi connectivity index (χ4n) is 2.02. The summed E-state index contributed by atoms with van der Waals surface area (Å²) >= 11 is 0. The highest BCUT2D eigenvalue weighted by Gasteiger charge is 2.10. The Labute approximate surface area is 116 Å². The quantitative estimate of drug-likeness (QED) is 0.766. The normalized spacial score (nSPS) is 10.2. The van der Waals surface area contributed by atoms with Gasteiger partial charge in [0.25, 0.3) is 0 Å². The number of benzene rings is 2. The SMILES string of the molecule is N#Cc1ccnc(Oc2cccc3ccccc23)c1N. The summed E-state index contributed by atoms with van der Waals surface area (Å²) in [6, 6.07) is 17.2. The molecule has 96 valence electrons. The predicted octanol–water partition coefficient (Wildman–Crippen LogP) is 3.48. The molecule has 0 aliphatic heterocycles. The molecule has 3 rings (SSSR count). The summed E-state index contributed by atoms with van der Waals surface area (Å²) in [6.07, 6.45) is 1.51. The van der Waals surface area contributed by atoms with E-state index < -0.39 is 0 Å². The van der Waals surface area contributed by atoms with Gasteiger partial charge >= 0.3 is 0 Å². The summed E-state index contributed by atoms with van der Waals surface area (Å²) in [5, 5.41) is 11.0. The van der Waals surface area contributed by atoms with Crippen molar-refractivity contribution in [3.8, 4) is 17.7 Å². The molecule has 0 bridgehead atoms. The maximum atomic E-state index is 8.97. The summed E-state index contributed by atoms with van der Waals surface area (Å²) in [6.45, 7) is 0. The zero-order chi connectivity index (χ0) is 13.9. The molecule has 0 spiro atoms. The van der Waals surface area contributed by atoms with E-state index in [1.807, 2.05) is 48.5 Å². The number of ether oxygens (including phenoxy) is 1. The Morgan fingerprint density at radius 1 is 1.05 bits per heavy atom. The van der Waals surface area contributed by atoms with Crippen LogP contribution in [0.1, 0.15) is 5.56 Å². The molecule has 0 saturated carbocycles. The summed E-state index contributed by atoms with van der Waals surface area (Å²) in [4.78, 5) is 4.09. The van der Waals surface area contributed by atoms with Gasteiger partial charge in [-0.2, -0.15) is 5.26 Å². The Hall–Kier alpha value is -3.06. The van der Waals surface area contributed by atoms with Gasteiger partial charge in [-0.05, 0) is 17.5 Å². The van der Waals surface area contributed by atoms with E-state index in [4.69, 9.17) is 15.7 Å². The summed E-state index contributed by atoms with van der Waals surface area (Å²) in [5.41, 5.74) is 6.49. The minimum absolute atomic E-state index is 0.250. The first-order valence-corrected chi connectivity index (χ1v) is 6.10. The summed E-state index contributed by atoms with van der Waals surface area (Å²) < 4.78 is 5.78. The van der Waals surface area contributed by atoms with E-state index in [2.05, 4.69) is 4.98 Å². The lowest BCUT2D eigenvalue weighted by Crippen LogP contribution is -1.98. The van der Waals surface area contributed by atoms with E-state index in [1.165, 1.54) is 6.20 Å². The van der Waals surface area contributed by atoms with E-state index in [0.717, 1.165) is 10.8 Å². The lowest BCUT2D eigenvalue weighted by molar-refractivity contribution is 0.471. The van der Waals surface area contributed by atoms with E-state index in [-0.39, 0.29) is 11.6 Å². The lowest BCUT2D eigenvalue weighted by atomic mass is 10.1. The third-order valence-corrected chi connectivity index (χ3v) is 3.03. The molecular formula is C16H11N3O. The number of nitriles is 1. The van der Waals surface area contributed by atoms with Gasteiger partial charge < -0.3 is 10.5 Å². The largest absolute Gasteiger partial charge is 0.436 e. The monoisotopic (exact) mass is 261 g/mol. The second kappa shape index (κ2) is 4.90. The van der Waals surface area contributed by atoms with Crippen LogP contribution in [-0.2, 0) is 0 Å². The van der Waals surface area contributed by atoms with Crippen molar-refractivity contribution < 1.29 is 4.74 Å². The van der Waals surface area contributed by atoms with Crippen LogP contribution in [-0.4, -0.2) is 4.98 Å². The molecule has 4 nitrogen and oxygen atoms in total. The number of fused-ring (bicyclic) bond motifs is 1. The van der Waals surface area contributed by atoms with Crippen LogP contribution in [0.4, 0.5) is 5.69 Å². The highest BCUT2D eigenvalue weighted by Crippen LogP contribution is 2.32. The van der Waals surface area contributed by atoms with Gasteiger partial charge in [0.15, 0.2) is 0 Å². The predicted molar refractivity (Wildman–Crippen MR) is 77.4 cm³/mol. The maximum absolute atomic E-state index is 8.97. The molecule has 0 aliphatic rings. The van der Waals surface area contributed by atoms with Crippen molar-refractivity contribution in [1.29, 1.82) is 5.26 Å². The van der Waals surface area contributed by atoms with Crippen molar-refractivity contribution >= 4 is 16.5 Å². The third kappa shape index (κ3) is 2.02. The molecule has 2 N–H and O–H groups in total. The second-order valence-corrected chi connectivity index (χ2v) is 4.27. The van der Waals surface area contributed by atoms with Gasteiger partial charge in [0, 0.05) is 11.6 Å². The summed E-state index contributed by atoms with van der Waals surface area (Å²) in [5.74, 6) is 0.915. The Bertz CT molecular complexity index is 816. The maximum Gasteiger partial charge on any atom is 0.244 e. The number of nitrogen functional groups attached to an aromatic ring is 1. The average Bonchev–Trinajstić information content (AvgIpc) is 2.50. The zero-order valence-electron chi connectivity index (χ0n) is 10.6. The molecule has 0 radical (unpaired) electrons. The van der Waals surface area contributed by atoms with Gasteiger partial charge in [0.1, 0.15) is 17.5 Å². The molecule has 0 atom stereocenters. The van der Waals surface area contributed by atoms with Crippen molar-refractivity contribution in [1.82, 2.24) is 4.98 Å². The number of hydrogen-bond acceptors (Lipinski definition) is 4. The number of aromatic nitrogens is 1. The topological polar surface area (TPSA) is 71.9 Å². The van der Waals surface area contributed by atoms with Crippen molar-refractivity contribution in [3.05, 3.63) is 60.3 Å². The van der Waals surface area contributed by atoms with Crippen LogP contribution in [0.5, 0.6) is 11.6 Å². The molecule has 4 heteroatoms. The van der Waals surface area contributed by atoms with Gasteiger partial charge in [-0.15, -0.1) is 0 Å². The number of rotatable bonds is 2. The van der Waals surface area contributed by atoms with Crippen LogP contribution in [0.3, 0.4) is 0 Å². The highest BCUT2D eigenvalue weighted by atomic mass is 16.5. The Balaban J connectivity index is 2.09. The van der Waals surface area contributed by atoms with Crippen LogP contribution in [0, 0.1) is 11.3 Å². The molecule has 2 aromatic carbocycles. The lowest BCUT2D eigenvalue weighted by Gasteiger charge is -2.10. The minimum Gasteiger partial charge on any atom is -0.436 e. The fraction of sp³-hybridized carbons (Fsp3) is 0. The first kappa shape index (κ1) is 12.0. The first-order chi connectivity index (χ1) is 9.79. The molecule has 20 heavy (non-hydrogen) atoms. The van der Waals surface area contributed by atoms with Crippen LogP contribution in [0.25, 0.3) is 10.8 Å². The van der Waals surface area contributed by atoms with E-state index in [9.17, 15) is 0 Å². The molecule has 1 aromatic heterocycles. The number of anilines is 1. The van der Waals surface area contributed by atoms with E-state index >= 15 is 0 Å². The smallest absolute Gasteiger partial charge is 0.244 e. The van der Waals surface area contributed by atoms with Gasteiger partial charge in [0.05, 0.1) is 5.56 Å². The molecule has 3 aromatic rings. The van der Waals surface area contributed by atoms with Crippen molar-refractivity contribution in [2.45, 2.75) is 0 Å². The standard InChI is InChI=1S/C16H11N3O/c17-10-12-8-9-19-16(15(12)18)20-14-7-3-5-11-4-1-2-6-13(11)14/h1-9H,18H2. The molecule has 0 saturated heterocycles. The molecule has 1 heterocycles. The number of nitrogens with zero attached hydrogens (tertiary/aromatic N) is 2. The average molecular weight is 261 g/mol. The second-order valence-electron chi connectivity index (χ2n) is 4.27. The van der Waals surface area contributed by atoms with Gasteiger partial charge in [-0.25, -0.2) is 4.98 Å².